The number of fused-ring (bicyclic) bond motifs is 5. The molecule has 0 amide bonds. The van der Waals surface area contributed by atoms with Crippen LogP contribution in [-0.4, -0.2) is 30.5 Å². The van der Waals surface area contributed by atoms with Crippen molar-refractivity contribution in [2.75, 3.05) is 19.6 Å². The smallest absolute Gasteiger partial charge is 0.311 e. The van der Waals surface area contributed by atoms with E-state index in [0.717, 1.165) is 55.1 Å². The molecule has 1 atom stereocenters. The summed E-state index contributed by atoms with van der Waals surface area (Å²) in [5, 5.41) is 0. The summed E-state index contributed by atoms with van der Waals surface area (Å²) in [5.74, 6) is 1.96. The van der Waals surface area contributed by atoms with Crippen LogP contribution in [0.25, 0.3) is 0 Å². The number of esters is 1. The van der Waals surface area contributed by atoms with Crippen molar-refractivity contribution in [1.82, 2.24) is 4.90 Å². The summed E-state index contributed by atoms with van der Waals surface area (Å²) in [7, 11) is 0. The van der Waals surface area contributed by atoms with Gasteiger partial charge in [0.25, 0.3) is 0 Å². The molecular formula is C21H21NO3. The van der Waals surface area contributed by atoms with E-state index in [1.807, 2.05) is 48.5 Å². The van der Waals surface area contributed by atoms with Crippen LogP contribution < -0.4 is 4.74 Å². The van der Waals surface area contributed by atoms with Crippen LogP contribution in [0.2, 0.25) is 0 Å². The third-order valence-corrected chi connectivity index (χ3v) is 5.82. The number of hydrogen-bond acceptors (Lipinski definition) is 4. The van der Waals surface area contributed by atoms with Crippen LogP contribution in [-0.2, 0) is 9.53 Å². The SMILES string of the molecule is O=C(OC1c2ccccc2Oc2ccccc21)C1CN2CCC1CC2. The topological polar surface area (TPSA) is 38.8 Å². The standard InChI is InChI=1S/C21H21NO3/c23-21(17-13-22-11-9-14(17)10-12-22)25-20-15-5-1-3-7-18(15)24-19-8-4-2-6-16(19)20/h1-8,14,17,20H,9-13H2. The fourth-order valence-electron chi connectivity index (χ4n) is 4.43. The monoisotopic (exact) mass is 335 g/mol. The maximum atomic E-state index is 13.0. The van der Waals surface area contributed by atoms with Gasteiger partial charge >= 0.3 is 5.97 Å². The molecule has 4 aliphatic heterocycles. The molecule has 0 spiro atoms. The molecule has 1 unspecified atom stereocenters. The lowest BCUT2D eigenvalue weighted by molar-refractivity contribution is -0.159. The second-order valence-corrected chi connectivity index (χ2v) is 7.24. The molecule has 4 heteroatoms. The zero-order chi connectivity index (χ0) is 16.8. The Balaban J connectivity index is 1.46. The average Bonchev–Trinajstić information content (AvgIpc) is 2.68. The van der Waals surface area contributed by atoms with Crippen molar-refractivity contribution in [1.29, 1.82) is 0 Å². The van der Waals surface area contributed by atoms with Crippen LogP contribution >= 0.6 is 0 Å². The Labute approximate surface area is 147 Å². The van der Waals surface area contributed by atoms with E-state index < -0.39 is 0 Å². The highest BCUT2D eigenvalue weighted by atomic mass is 16.6. The Morgan fingerprint density at radius 3 is 2.12 bits per heavy atom. The normalized spacial score (nSPS) is 27.1. The van der Waals surface area contributed by atoms with Gasteiger partial charge in [0.2, 0.25) is 0 Å². The maximum absolute atomic E-state index is 13.0. The second kappa shape index (κ2) is 5.88. The lowest BCUT2D eigenvalue weighted by atomic mass is 9.79. The first-order valence-corrected chi connectivity index (χ1v) is 9.08. The van der Waals surface area contributed by atoms with E-state index >= 15 is 0 Å². The number of nitrogens with zero attached hydrogens (tertiary/aromatic N) is 1. The van der Waals surface area contributed by atoms with Crippen LogP contribution in [0.15, 0.2) is 48.5 Å². The Bertz CT molecular complexity index is 765. The summed E-state index contributed by atoms with van der Waals surface area (Å²) in [4.78, 5) is 15.4. The highest BCUT2D eigenvalue weighted by Crippen LogP contribution is 2.45. The van der Waals surface area contributed by atoms with E-state index in [1.165, 1.54) is 0 Å². The van der Waals surface area contributed by atoms with Crippen molar-refractivity contribution in [2.24, 2.45) is 11.8 Å². The molecule has 0 radical (unpaired) electrons. The minimum absolute atomic E-state index is 0.00432. The van der Waals surface area contributed by atoms with Crippen molar-refractivity contribution in [2.45, 2.75) is 18.9 Å². The van der Waals surface area contributed by atoms with Gasteiger partial charge in [0.05, 0.1) is 5.92 Å². The molecule has 0 saturated carbocycles. The van der Waals surface area contributed by atoms with Gasteiger partial charge < -0.3 is 14.4 Å². The van der Waals surface area contributed by atoms with Gasteiger partial charge in [-0.2, -0.15) is 0 Å². The number of carbonyl (C=O) groups excluding carboxylic acids is 1. The van der Waals surface area contributed by atoms with Gasteiger partial charge in [0.15, 0.2) is 6.10 Å². The molecule has 2 aromatic rings. The Morgan fingerprint density at radius 2 is 1.56 bits per heavy atom. The number of benzene rings is 2. The molecule has 6 rings (SSSR count). The third kappa shape index (κ3) is 2.52. The van der Waals surface area contributed by atoms with Gasteiger partial charge in [-0.25, -0.2) is 0 Å². The molecule has 4 heterocycles. The minimum atomic E-state index is -0.385. The van der Waals surface area contributed by atoms with E-state index in [1.54, 1.807) is 0 Å². The van der Waals surface area contributed by atoms with Crippen molar-refractivity contribution in [3.05, 3.63) is 59.7 Å². The number of rotatable bonds is 2. The highest BCUT2D eigenvalue weighted by Gasteiger charge is 2.41. The summed E-state index contributed by atoms with van der Waals surface area (Å²) in [6.45, 7) is 3.09. The number of hydrogen-bond donors (Lipinski definition) is 0. The Kier molecular flexibility index (Phi) is 3.52. The van der Waals surface area contributed by atoms with Gasteiger partial charge in [-0.15, -0.1) is 0 Å². The molecule has 4 nitrogen and oxygen atoms in total. The van der Waals surface area contributed by atoms with E-state index in [0.29, 0.717) is 5.92 Å². The highest BCUT2D eigenvalue weighted by molar-refractivity contribution is 5.74. The van der Waals surface area contributed by atoms with Crippen LogP contribution in [0.4, 0.5) is 0 Å². The molecule has 3 saturated heterocycles. The van der Waals surface area contributed by atoms with Crippen LogP contribution in [0.3, 0.4) is 0 Å². The van der Waals surface area contributed by atoms with Gasteiger partial charge in [0.1, 0.15) is 11.5 Å². The fraction of sp³-hybridized carbons (Fsp3) is 0.381. The molecule has 4 aliphatic rings. The zero-order valence-corrected chi connectivity index (χ0v) is 14.1. The molecule has 0 N–H and O–H groups in total. The number of piperidine rings is 3. The predicted molar refractivity (Wildman–Crippen MR) is 93.5 cm³/mol. The lowest BCUT2D eigenvalue weighted by Gasteiger charge is -2.43. The lowest BCUT2D eigenvalue weighted by Crippen LogP contribution is -2.50. The van der Waals surface area contributed by atoms with Gasteiger partial charge in [-0.05, 0) is 44.0 Å². The van der Waals surface area contributed by atoms with Crippen molar-refractivity contribution in [3.63, 3.8) is 0 Å². The van der Waals surface area contributed by atoms with Gasteiger partial charge in [-0.3, -0.25) is 4.79 Å². The number of carbonyl (C=O) groups is 1. The molecule has 2 aromatic carbocycles. The Hall–Kier alpha value is -2.33. The maximum Gasteiger partial charge on any atom is 0.311 e. The average molecular weight is 335 g/mol. The van der Waals surface area contributed by atoms with E-state index in [4.69, 9.17) is 9.47 Å². The quantitative estimate of drug-likeness (QED) is 0.783. The number of para-hydroxylation sites is 2. The van der Waals surface area contributed by atoms with Gasteiger partial charge in [0, 0.05) is 17.7 Å². The molecule has 25 heavy (non-hydrogen) atoms. The third-order valence-electron chi connectivity index (χ3n) is 5.82. The summed E-state index contributed by atoms with van der Waals surface area (Å²) in [5.41, 5.74) is 1.85. The zero-order valence-electron chi connectivity index (χ0n) is 14.1. The molecule has 0 aliphatic carbocycles. The Morgan fingerprint density at radius 1 is 0.960 bits per heavy atom. The first-order valence-electron chi connectivity index (χ1n) is 9.08. The number of ether oxygens (including phenoxy) is 2. The summed E-state index contributed by atoms with van der Waals surface area (Å²) < 4.78 is 12.1. The van der Waals surface area contributed by atoms with Crippen LogP contribution in [0.5, 0.6) is 11.5 Å². The summed E-state index contributed by atoms with van der Waals surface area (Å²) in [6.07, 6.45) is 1.84. The van der Waals surface area contributed by atoms with E-state index in [2.05, 4.69) is 4.90 Å². The molecule has 0 aromatic heterocycles. The van der Waals surface area contributed by atoms with E-state index in [-0.39, 0.29) is 18.0 Å². The summed E-state index contributed by atoms with van der Waals surface area (Å²) in [6, 6.07) is 15.6. The van der Waals surface area contributed by atoms with E-state index in [9.17, 15) is 4.79 Å². The second-order valence-electron chi connectivity index (χ2n) is 7.24. The first-order chi connectivity index (χ1) is 12.3. The van der Waals surface area contributed by atoms with Crippen molar-refractivity contribution < 1.29 is 14.3 Å². The minimum Gasteiger partial charge on any atom is -0.456 e. The first kappa shape index (κ1) is 15.0. The fourth-order valence-corrected chi connectivity index (χ4v) is 4.43. The van der Waals surface area contributed by atoms with Crippen LogP contribution in [0.1, 0.15) is 30.1 Å². The largest absolute Gasteiger partial charge is 0.456 e. The van der Waals surface area contributed by atoms with Crippen molar-refractivity contribution in [3.8, 4) is 11.5 Å². The molecule has 3 fully saturated rings. The molecular weight excluding hydrogens is 314 g/mol. The summed E-state index contributed by atoms with van der Waals surface area (Å²) >= 11 is 0. The predicted octanol–water partition coefficient (Wildman–Crippen LogP) is 3.77. The molecule has 128 valence electrons. The molecule has 2 bridgehead atoms. The van der Waals surface area contributed by atoms with Gasteiger partial charge in [-0.1, -0.05) is 36.4 Å². The van der Waals surface area contributed by atoms with Crippen molar-refractivity contribution >= 4 is 5.97 Å². The van der Waals surface area contributed by atoms with Crippen LogP contribution in [0, 0.1) is 11.8 Å².